The molecular formula is C30H35ClFN7O3S. The molecule has 3 aromatic heterocycles. The van der Waals surface area contributed by atoms with Crippen LogP contribution >= 0.6 is 11.6 Å². The lowest BCUT2D eigenvalue weighted by atomic mass is 9.90. The number of aromatic nitrogens is 4. The van der Waals surface area contributed by atoms with Crippen LogP contribution in [0.25, 0.3) is 22.2 Å². The van der Waals surface area contributed by atoms with Gasteiger partial charge in [0.25, 0.3) is 15.6 Å². The van der Waals surface area contributed by atoms with Gasteiger partial charge in [0, 0.05) is 53.6 Å². The molecule has 4 aromatic rings. The normalized spacial score (nSPS) is 17.5. The van der Waals surface area contributed by atoms with E-state index in [1.165, 1.54) is 24.4 Å². The van der Waals surface area contributed by atoms with Crippen LogP contribution < -0.4 is 15.6 Å². The SMILES string of the molecule is CC(C)n1c(=O)c(-c2ccc(NS(=O)(=O)c3ccccc3Cl)nc2)cc2cnc(N[C@H]3CC[C@H](N(C)CCF)CC3)nc21. The number of nitrogens with one attached hydrogen (secondary N) is 2. The molecule has 0 bridgehead atoms. The molecule has 3 heterocycles. The number of pyridine rings is 2. The second-order valence-electron chi connectivity index (χ2n) is 11.1. The molecule has 5 rings (SSSR count). The molecule has 0 spiro atoms. The van der Waals surface area contributed by atoms with Gasteiger partial charge in [-0.2, -0.15) is 4.98 Å². The van der Waals surface area contributed by atoms with Crippen molar-refractivity contribution in [3.8, 4) is 11.1 Å². The molecule has 13 heteroatoms. The molecule has 0 radical (unpaired) electrons. The highest BCUT2D eigenvalue weighted by atomic mass is 35.5. The van der Waals surface area contributed by atoms with Gasteiger partial charge in [0.1, 0.15) is 23.0 Å². The smallest absolute Gasteiger partial charge is 0.264 e. The molecule has 0 atom stereocenters. The fourth-order valence-corrected chi connectivity index (χ4v) is 7.03. The lowest BCUT2D eigenvalue weighted by Crippen LogP contribution is -2.39. The van der Waals surface area contributed by atoms with E-state index in [0.29, 0.717) is 40.7 Å². The maximum absolute atomic E-state index is 13.7. The first-order valence-corrected chi connectivity index (χ1v) is 16.1. The molecule has 0 unspecified atom stereocenters. The third-order valence-electron chi connectivity index (χ3n) is 7.82. The van der Waals surface area contributed by atoms with E-state index in [-0.39, 0.29) is 40.1 Å². The molecule has 1 aromatic carbocycles. The van der Waals surface area contributed by atoms with Crippen molar-refractivity contribution in [1.82, 2.24) is 24.4 Å². The summed E-state index contributed by atoms with van der Waals surface area (Å²) < 4.78 is 42.4. The number of rotatable bonds is 10. The third-order valence-corrected chi connectivity index (χ3v) is 9.67. The highest BCUT2D eigenvalue weighted by molar-refractivity contribution is 7.92. The van der Waals surface area contributed by atoms with Crippen LogP contribution in [0.5, 0.6) is 0 Å². The van der Waals surface area contributed by atoms with Gasteiger partial charge in [-0.05, 0) is 76.9 Å². The predicted molar refractivity (Wildman–Crippen MR) is 168 cm³/mol. The molecule has 1 fully saturated rings. The Bertz CT molecular complexity index is 1760. The minimum atomic E-state index is -3.95. The number of halogens is 2. The summed E-state index contributed by atoms with van der Waals surface area (Å²) in [6.45, 7) is 3.94. The van der Waals surface area contributed by atoms with E-state index in [4.69, 9.17) is 16.6 Å². The fourth-order valence-electron chi connectivity index (χ4n) is 5.50. The second kappa shape index (κ2) is 12.9. The summed E-state index contributed by atoms with van der Waals surface area (Å²) in [6.07, 6.45) is 6.95. The van der Waals surface area contributed by atoms with Gasteiger partial charge in [-0.25, -0.2) is 22.8 Å². The van der Waals surface area contributed by atoms with Gasteiger partial charge >= 0.3 is 0 Å². The highest BCUT2D eigenvalue weighted by Gasteiger charge is 2.25. The quantitative estimate of drug-likeness (QED) is 0.236. The van der Waals surface area contributed by atoms with Crippen molar-refractivity contribution >= 4 is 44.4 Å². The van der Waals surface area contributed by atoms with Crippen LogP contribution in [-0.4, -0.2) is 65.2 Å². The Morgan fingerprint density at radius 2 is 1.84 bits per heavy atom. The molecular weight excluding hydrogens is 593 g/mol. The Kier molecular flexibility index (Phi) is 9.28. The Hall–Kier alpha value is -3.61. The standard InChI is InChI=1S/C30H35ClFN7O3S/c1-19(2)39-28-21(18-34-30(36-28)35-22-9-11-23(12-10-22)38(3)15-14-32)16-24(29(39)40)20-8-13-27(33-17-20)37-43(41,42)26-7-5-4-6-25(26)31/h4-8,13,16-19,22-23H,9-12,14-15H2,1-3H3,(H,33,37)(H,34,35,36)/t22-,23-. The number of hydrogen-bond donors (Lipinski definition) is 2. The predicted octanol–water partition coefficient (Wildman–Crippen LogP) is 5.51. The second-order valence-corrected chi connectivity index (χ2v) is 13.1. The van der Waals surface area contributed by atoms with E-state index in [2.05, 4.69) is 24.9 Å². The zero-order chi connectivity index (χ0) is 30.7. The van der Waals surface area contributed by atoms with Crippen molar-refractivity contribution in [3.05, 3.63) is 70.2 Å². The number of alkyl halides is 1. The van der Waals surface area contributed by atoms with Crippen molar-refractivity contribution in [3.63, 3.8) is 0 Å². The molecule has 0 saturated heterocycles. The first-order chi connectivity index (χ1) is 20.6. The molecule has 10 nitrogen and oxygen atoms in total. The summed E-state index contributed by atoms with van der Waals surface area (Å²) in [5.74, 6) is 0.558. The lowest BCUT2D eigenvalue weighted by molar-refractivity contribution is 0.174. The molecule has 1 saturated carbocycles. The van der Waals surface area contributed by atoms with E-state index in [1.807, 2.05) is 20.9 Å². The number of hydrogen-bond acceptors (Lipinski definition) is 8. The lowest BCUT2D eigenvalue weighted by Gasteiger charge is -2.34. The minimum absolute atomic E-state index is 0.0559. The van der Waals surface area contributed by atoms with Gasteiger partial charge < -0.3 is 10.2 Å². The van der Waals surface area contributed by atoms with Crippen molar-refractivity contribution in [2.75, 3.05) is 30.3 Å². The van der Waals surface area contributed by atoms with E-state index in [9.17, 15) is 17.6 Å². The largest absolute Gasteiger partial charge is 0.351 e. The fraction of sp³-hybridized carbons (Fsp3) is 0.400. The number of fused-ring (bicyclic) bond motifs is 1. The third kappa shape index (κ3) is 6.81. The van der Waals surface area contributed by atoms with Crippen molar-refractivity contribution in [2.45, 2.75) is 62.6 Å². The summed E-state index contributed by atoms with van der Waals surface area (Å²) >= 11 is 6.07. The number of benzene rings is 1. The summed E-state index contributed by atoms with van der Waals surface area (Å²) in [7, 11) is -1.98. The molecule has 1 aliphatic carbocycles. The van der Waals surface area contributed by atoms with Crippen molar-refractivity contribution in [1.29, 1.82) is 0 Å². The summed E-state index contributed by atoms with van der Waals surface area (Å²) in [5.41, 5.74) is 1.21. The summed E-state index contributed by atoms with van der Waals surface area (Å²) in [4.78, 5) is 29.3. The van der Waals surface area contributed by atoms with Gasteiger partial charge in [0.05, 0.1) is 5.02 Å². The van der Waals surface area contributed by atoms with Crippen LogP contribution in [0.3, 0.4) is 0 Å². The van der Waals surface area contributed by atoms with Crippen LogP contribution in [0.15, 0.2) is 64.5 Å². The molecule has 0 aliphatic heterocycles. The maximum Gasteiger partial charge on any atom is 0.264 e. The van der Waals surface area contributed by atoms with Crippen LogP contribution in [-0.2, 0) is 10.0 Å². The van der Waals surface area contributed by atoms with E-state index in [0.717, 1.165) is 25.7 Å². The number of anilines is 2. The first-order valence-electron chi connectivity index (χ1n) is 14.3. The molecule has 2 N–H and O–H groups in total. The Morgan fingerprint density at radius 1 is 1.09 bits per heavy atom. The highest BCUT2D eigenvalue weighted by Crippen LogP contribution is 2.27. The van der Waals surface area contributed by atoms with Crippen molar-refractivity contribution < 1.29 is 12.8 Å². The van der Waals surface area contributed by atoms with Crippen LogP contribution in [0.2, 0.25) is 5.02 Å². The zero-order valence-electron chi connectivity index (χ0n) is 24.3. The Morgan fingerprint density at radius 3 is 2.49 bits per heavy atom. The molecule has 43 heavy (non-hydrogen) atoms. The summed E-state index contributed by atoms with van der Waals surface area (Å²) in [5, 5.41) is 4.22. The van der Waals surface area contributed by atoms with Crippen LogP contribution in [0.4, 0.5) is 16.2 Å². The van der Waals surface area contributed by atoms with E-state index >= 15 is 0 Å². The monoisotopic (exact) mass is 627 g/mol. The average Bonchev–Trinajstić information content (AvgIpc) is 2.97. The van der Waals surface area contributed by atoms with Gasteiger partial charge in [0.2, 0.25) is 5.95 Å². The maximum atomic E-state index is 13.7. The topological polar surface area (TPSA) is 122 Å². The number of nitrogens with zero attached hydrogens (tertiary/aromatic N) is 5. The van der Waals surface area contributed by atoms with E-state index < -0.39 is 10.0 Å². The van der Waals surface area contributed by atoms with Crippen LogP contribution in [0.1, 0.15) is 45.6 Å². The van der Waals surface area contributed by atoms with Gasteiger partial charge in [-0.3, -0.25) is 14.1 Å². The van der Waals surface area contributed by atoms with Gasteiger partial charge in [-0.1, -0.05) is 23.7 Å². The molecule has 0 amide bonds. The van der Waals surface area contributed by atoms with E-state index in [1.54, 1.807) is 35.0 Å². The molecule has 1 aliphatic rings. The molecule has 228 valence electrons. The average molecular weight is 628 g/mol. The Labute approximate surface area is 255 Å². The van der Waals surface area contributed by atoms with Crippen molar-refractivity contribution in [2.24, 2.45) is 0 Å². The number of sulfonamides is 1. The summed E-state index contributed by atoms with van der Waals surface area (Å²) in [6, 6.07) is 11.4. The zero-order valence-corrected chi connectivity index (χ0v) is 25.9. The van der Waals surface area contributed by atoms with Gasteiger partial charge in [0.15, 0.2) is 0 Å². The van der Waals surface area contributed by atoms with Crippen LogP contribution in [0, 0.1) is 0 Å². The minimum Gasteiger partial charge on any atom is -0.351 e. The first kappa shape index (κ1) is 30.8. The van der Waals surface area contributed by atoms with Gasteiger partial charge in [-0.15, -0.1) is 0 Å². The Balaban J connectivity index is 1.37.